The molecule has 1 heterocycles. The van der Waals surface area contributed by atoms with Crippen LogP contribution in [0.25, 0.3) is 5.69 Å². The van der Waals surface area contributed by atoms with Crippen molar-refractivity contribution in [3.05, 3.63) is 56.9 Å². The Morgan fingerprint density at radius 3 is 2.89 bits per heavy atom. The minimum atomic E-state index is -0.111. The number of rotatable bonds is 3. The van der Waals surface area contributed by atoms with E-state index in [1.165, 1.54) is 0 Å². The van der Waals surface area contributed by atoms with Crippen molar-refractivity contribution >= 4 is 21.6 Å². The molecule has 0 spiro atoms. The fourth-order valence-corrected chi connectivity index (χ4v) is 2.11. The number of nitrogen functional groups attached to an aromatic ring is 1. The molecular formula is C13H13BrN2O2. The second-order valence-corrected chi connectivity index (χ2v) is 4.71. The maximum atomic E-state index is 12.1. The van der Waals surface area contributed by atoms with Gasteiger partial charge in [0.15, 0.2) is 0 Å². The number of ether oxygens (including phenoxy) is 1. The van der Waals surface area contributed by atoms with Crippen LogP contribution in [0, 0.1) is 0 Å². The van der Waals surface area contributed by atoms with Gasteiger partial charge in [-0.1, -0.05) is 0 Å². The molecule has 1 aromatic carbocycles. The quantitative estimate of drug-likeness (QED) is 0.885. The van der Waals surface area contributed by atoms with E-state index in [2.05, 4.69) is 15.9 Å². The number of nitrogens with two attached hydrogens (primary N) is 1. The van der Waals surface area contributed by atoms with E-state index in [-0.39, 0.29) is 5.56 Å². The van der Waals surface area contributed by atoms with Crippen LogP contribution in [0.2, 0.25) is 0 Å². The highest BCUT2D eigenvalue weighted by atomic mass is 79.9. The summed E-state index contributed by atoms with van der Waals surface area (Å²) in [5.74, 6) is 0. The van der Waals surface area contributed by atoms with E-state index in [1.54, 1.807) is 36.1 Å². The summed E-state index contributed by atoms with van der Waals surface area (Å²) in [5.41, 5.74) is 7.94. The maximum Gasteiger partial charge on any atom is 0.269 e. The molecule has 2 N–H and O–H groups in total. The van der Waals surface area contributed by atoms with Gasteiger partial charge in [-0.25, -0.2) is 0 Å². The molecule has 0 saturated carbocycles. The highest BCUT2D eigenvalue weighted by molar-refractivity contribution is 9.10. The van der Waals surface area contributed by atoms with Gasteiger partial charge in [0.05, 0.1) is 16.8 Å². The van der Waals surface area contributed by atoms with Crippen molar-refractivity contribution in [2.75, 3.05) is 12.8 Å². The predicted octanol–water partition coefficient (Wildman–Crippen LogP) is 2.33. The topological polar surface area (TPSA) is 57.2 Å². The molecule has 2 aromatic rings. The van der Waals surface area contributed by atoms with Crippen LogP contribution in [0.3, 0.4) is 0 Å². The third-order valence-corrected chi connectivity index (χ3v) is 3.17. The molecule has 0 aliphatic heterocycles. The highest BCUT2D eigenvalue weighted by Crippen LogP contribution is 2.18. The first-order chi connectivity index (χ1) is 8.63. The van der Waals surface area contributed by atoms with E-state index >= 15 is 0 Å². The van der Waals surface area contributed by atoms with E-state index in [9.17, 15) is 4.79 Å². The molecule has 0 amide bonds. The molecule has 0 saturated heterocycles. The molecule has 0 aliphatic rings. The number of hydrogen-bond acceptors (Lipinski definition) is 3. The Bertz CT molecular complexity index is 623. The average molecular weight is 309 g/mol. The van der Waals surface area contributed by atoms with Crippen LogP contribution in [0.4, 0.5) is 5.69 Å². The van der Waals surface area contributed by atoms with Crippen molar-refractivity contribution in [3.63, 3.8) is 0 Å². The van der Waals surface area contributed by atoms with Gasteiger partial charge in [0.1, 0.15) is 0 Å². The van der Waals surface area contributed by atoms with E-state index in [1.807, 2.05) is 12.1 Å². The van der Waals surface area contributed by atoms with Crippen molar-refractivity contribution in [3.8, 4) is 5.69 Å². The van der Waals surface area contributed by atoms with Gasteiger partial charge in [0.2, 0.25) is 0 Å². The lowest BCUT2D eigenvalue weighted by atomic mass is 10.1. The average Bonchev–Trinajstić information content (AvgIpc) is 2.34. The molecule has 1 aromatic heterocycles. The zero-order valence-electron chi connectivity index (χ0n) is 9.89. The molecule has 4 nitrogen and oxygen atoms in total. The normalized spacial score (nSPS) is 10.6. The fraction of sp³-hybridized carbons (Fsp3) is 0.154. The van der Waals surface area contributed by atoms with Gasteiger partial charge in [-0.2, -0.15) is 0 Å². The SMILES string of the molecule is COCc1cc(N)ccc1-n1cccc(Br)c1=O. The molecule has 5 heteroatoms. The summed E-state index contributed by atoms with van der Waals surface area (Å²) in [5, 5.41) is 0. The Hall–Kier alpha value is -1.59. The fourth-order valence-electron chi connectivity index (χ4n) is 1.77. The highest BCUT2D eigenvalue weighted by Gasteiger charge is 2.08. The lowest BCUT2D eigenvalue weighted by Gasteiger charge is -2.12. The van der Waals surface area contributed by atoms with Crippen molar-refractivity contribution in [1.82, 2.24) is 4.57 Å². The second-order valence-electron chi connectivity index (χ2n) is 3.85. The van der Waals surface area contributed by atoms with Crippen LogP contribution in [-0.2, 0) is 11.3 Å². The number of benzene rings is 1. The van der Waals surface area contributed by atoms with Crippen LogP contribution in [0.5, 0.6) is 0 Å². The van der Waals surface area contributed by atoms with Crippen molar-refractivity contribution < 1.29 is 4.74 Å². The van der Waals surface area contributed by atoms with E-state index < -0.39 is 0 Å². The Balaban J connectivity index is 2.63. The third-order valence-electron chi connectivity index (χ3n) is 2.56. The molecule has 0 bridgehead atoms. The van der Waals surface area contributed by atoms with E-state index in [4.69, 9.17) is 10.5 Å². The van der Waals surface area contributed by atoms with Crippen LogP contribution in [0.1, 0.15) is 5.56 Å². The van der Waals surface area contributed by atoms with Gasteiger partial charge in [-0.3, -0.25) is 9.36 Å². The molecular weight excluding hydrogens is 296 g/mol. The Labute approximate surface area is 113 Å². The van der Waals surface area contributed by atoms with Gasteiger partial charge >= 0.3 is 0 Å². The number of halogens is 1. The summed E-state index contributed by atoms with van der Waals surface area (Å²) in [6.45, 7) is 0.402. The Morgan fingerprint density at radius 1 is 1.39 bits per heavy atom. The van der Waals surface area contributed by atoms with Crippen LogP contribution >= 0.6 is 15.9 Å². The van der Waals surface area contributed by atoms with E-state index in [0.717, 1.165) is 11.3 Å². The standard InChI is InChI=1S/C13H13BrN2O2/c1-18-8-9-7-10(15)4-5-12(9)16-6-2-3-11(14)13(16)17/h2-7H,8,15H2,1H3. The summed E-state index contributed by atoms with van der Waals surface area (Å²) in [6.07, 6.45) is 1.72. The number of nitrogens with zero attached hydrogens (tertiary/aromatic N) is 1. The van der Waals surface area contributed by atoms with Crippen molar-refractivity contribution in [2.24, 2.45) is 0 Å². The molecule has 2 rings (SSSR count). The lowest BCUT2D eigenvalue weighted by molar-refractivity contribution is 0.185. The minimum absolute atomic E-state index is 0.111. The molecule has 18 heavy (non-hydrogen) atoms. The van der Waals surface area contributed by atoms with Gasteiger partial charge in [-0.05, 0) is 46.3 Å². The number of hydrogen-bond donors (Lipinski definition) is 1. The summed E-state index contributed by atoms with van der Waals surface area (Å²) in [4.78, 5) is 12.1. The zero-order valence-corrected chi connectivity index (χ0v) is 11.5. The monoisotopic (exact) mass is 308 g/mol. The molecule has 0 radical (unpaired) electrons. The first-order valence-corrected chi connectivity index (χ1v) is 6.17. The van der Waals surface area contributed by atoms with Gasteiger partial charge in [0, 0.05) is 24.6 Å². The Morgan fingerprint density at radius 2 is 2.17 bits per heavy atom. The maximum absolute atomic E-state index is 12.1. The summed E-state index contributed by atoms with van der Waals surface area (Å²) >= 11 is 3.23. The Kier molecular flexibility index (Phi) is 3.84. The third kappa shape index (κ3) is 2.47. The van der Waals surface area contributed by atoms with Crippen molar-refractivity contribution in [1.29, 1.82) is 0 Å². The largest absolute Gasteiger partial charge is 0.399 e. The second kappa shape index (κ2) is 5.37. The molecule has 94 valence electrons. The summed E-state index contributed by atoms with van der Waals surface area (Å²) in [6, 6.07) is 8.91. The van der Waals surface area contributed by atoms with Crippen molar-refractivity contribution in [2.45, 2.75) is 6.61 Å². The number of methoxy groups -OCH3 is 1. The molecule has 0 unspecified atom stereocenters. The van der Waals surface area contributed by atoms with Gasteiger partial charge < -0.3 is 10.5 Å². The van der Waals surface area contributed by atoms with Gasteiger partial charge in [-0.15, -0.1) is 0 Å². The smallest absolute Gasteiger partial charge is 0.269 e. The van der Waals surface area contributed by atoms with Crippen LogP contribution in [0.15, 0.2) is 45.8 Å². The molecule has 0 fully saturated rings. The summed E-state index contributed by atoms with van der Waals surface area (Å²) < 4.78 is 7.22. The number of anilines is 1. The summed E-state index contributed by atoms with van der Waals surface area (Å²) in [7, 11) is 1.61. The van der Waals surface area contributed by atoms with E-state index in [0.29, 0.717) is 16.8 Å². The van der Waals surface area contributed by atoms with Gasteiger partial charge in [0.25, 0.3) is 5.56 Å². The van der Waals surface area contributed by atoms with Crippen LogP contribution in [-0.4, -0.2) is 11.7 Å². The molecule has 0 aliphatic carbocycles. The zero-order chi connectivity index (χ0) is 13.1. The first-order valence-electron chi connectivity index (χ1n) is 5.38. The first kappa shape index (κ1) is 12.9. The number of aromatic nitrogens is 1. The van der Waals surface area contributed by atoms with Crippen LogP contribution < -0.4 is 11.3 Å². The number of pyridine rings is 1. The lowest BCUT2D eigenvalue weighted by Crippen LogP contribution is -2.19. The molecule has 0 atom stereocenters. The predicted molar refractivity (Wildman–Crippen MR) is 74.9 cm³/mol. The minimum Gasteiger partial charge on any atom is -0.399 e.